The van der Waals surface area contributed by atoms with Crippen molar-refractivity contribution in [3.63, 3.8) is 0 Å². The lowest BCUT2D eigenvalue weighted by atomic mass is 10.1. The molecule has 3 nitrogen and oxygen atoms in total. The Hall–Kier alpha value is -1.22. The molecule has 1 aromatic carbocycles. The summed E-state index contributed by atoms with van der Waals surface area (Å²) in [5.41, 5.74) is 2.57. The average Bonchev–Trinajstić information content (AvgIpc) is 2.76. The molecule has 0 radical (unpaired) electrons. The van der Waals surface area contributed by atoms with Gasteiger partial charge >= 0.3 is 0 Å². The van der Waals surface area contributed by atoms with E-state index in [0.29, 0.717) is 12.8 Å². The summed E-state index contributed by atoms with van der Waals surface area (Å²) in [6, 6.07) is 6.25. The van der Waals surface area contributed by atoms with E-state index < -0.39 is 0 Å². The highest BCUT2D eigenvalue weighted by Crippen LogP contribution is 2.36. The van der Waals surface area contributed by atoms with Crippen LogP contribution in [0.5, 0.6) is 5.75 Å². The van der Waals surface area contributed by atoms with Crippen LogP contribution in [0.1, 0.15) is 18.4 Å². The number of ether oxygens (including phenoxy) is 2. The number of hydrogen-bond donors (Lipinski definition) is 0. The van der Waals surface area contributed by atoms with Gasteiger partial charge in [-0.3, -0.25) is 0 Å². The summed E-state index contributed by atoms with van der Waals surface area (Å²) in [4.78, 5) is 2.36. The zero-order chi connectivity index (χ0) is 10.3. The van der Waals surface area contributed by atoms with Gasteiger partial charge in [-0.2, -0.15) is 0 Å². The van der Waals surface area contributed by atoms with Gasteiger partial charge in [0.25, 0.3) is 0 Å². The second-order valence-corrected chi connectivity index (χ2v) is 4.10. The van der Waals surface area contributed by atoms with Crippen LogP contribution in [0.4, 0.5) is 5.69 Å². The van der Waals surface area contributed by atoms with Gasteiger partial charge in [0.1, 0.15) is 12.0 Å². The summed E-state index contributed by atoms with van der Waals surface area (Å²) in [5.74, 6) is 0.912. The van der Waals surface area contributed by atoms with Crippen molar-refractivity contribution < 1.29 is 9.47 Å². The maximum absolute atomic E-state index is 5.80. The van der Waals surface area contributed by atoms with Gasteiger partial charge < -0.3 is 14.4 Å². The van der Waals surface area contributed by atoms with Gasteiger partial charge in [0.2, 0.25) is 0 Å². The molecule has 0 amide bonds. The van der Waals surface area contributed by atoms with Crippen molar-refractivity contribution in [2.45, 2.75) is 25.7 Å². The lowest BCUT2D eigenvalue weighted by molar-refractivity contribution is 0.0383. The number of anilines is 1. The van der Waals surface area contributed by atoms with Crippen molar-refractivity contribution in [2.24, 2.45) is 0 Å². The summed E-state index contributed by atoms with van der Waals surface area (Å²) in [6.45, 7) is 1.83. The fourth-order valence-corrected chi connectivity index (χ4v) is 2.46. The Morgan fingerprint density at radius 1 is 1.47 bits per heavy atom. The van der Waals surface area contributed by atoms with Crippen molar-refractivity contribution in [3.8, 4) is 5.75 Å². The molecule has 1 fully saturated rings. The van der Waals surface area contributed by atoms with Gasteiger partial charge in [0, 0.05) is 17.8 Å². The maximum Gasteiger partial charge on any atom is 0.130 e. The summed E-state index contributed by atoms with van der Waals surface area (Å²) < 4.78 is 11.0. The molecule has 15 heavy (non-hydrogen) atoms. The Labute approximate surface area is 89.6 Å². The zero-order valence-corrected chi connectivity index (χ0v) is 8.90. The average molecular weight is 205 g/mol. The van der Waals surface area contributed by atoms with Gasteiger partial charge in [-0.05, 0) is 31.0 Å². The van der Waals surface area contributed by atoms with Crippen LogP contribution in [0.15, 0.2) is 18.2 Å². The number of rotatable bonds is 1. The van der Waals surface area contributed by atoms with Crippen LogP contribution in [-0.2, 0) is 11.3 Å². The molecule has 0 aliphatic carbocycles. The first-order valence-corrected chi connectivity index (χ1v) is 5.43. The van der Waals surface area contributed by atoms with Crippen LogP contribution in [-0.4, -0.2) is 19.9 Å². The molecule has 80 valence electrons. The lowest BCUT2D eigenvalue weighted by Gasteiger charge is -2.33. The SMILES string of the molecule is COc1ccc2c(c1)COC1CCCN21. The molecular weight excluding hydrogens is 190 g/mol. The van der Waals surface area contributed by atoms with Gasteiger partial charge in [0.05, 0.1) is 13.7 Å². The topological polar surface area (TPSA) is 21.7 Å². The predicted octanol–water partition coefficient (Wildman–Crippen LogP) is 2.15. The summed E-state index contributed by atoms with van der Waals surface area (Å²) in [6.07, 6.45) is 2.70. The monoisotopic (exact) mass is 205 g/mol. The van der Waals surface area contributed by atoms with E-state index >= 15 is 0 Å². The summed E-state index contributed by atoms with van der Waals surface area (Å²) >= 11 is 0. The molecule has 3 rings (SSSR count). The third kappa shape index (κ3) is 1.38. The van der Waals surface area contributed by atoms with Gasteiger partial charge in [-0.15, -0.1) is 0 Å². The van der Waals surface area contributed by atoms with Crippen LogP contribution < -0.4 is 9.64 Å². The van der Waals surface area contributed by atoms with Gasteiger partial charge in [-0.1, -0.05) is 0 Å². The molecule has 0 bridgehead atoms. The molecule has 2 heterocycles. The minimum atomic E-state index is 0.311. The van der Waals surface area contributed by atoms with E-state index in [9.17, 15) is 0 Å². The first kappa shape index (κ1) is 9.04. The highest BCUT2D eigenvalue weighted by Gasteiger charge is 2.30. The molecular formula is C12H15NO2. The molecule has 2 aliphatic heterocycles. The fourth-order valence-electron chi connectivity index (χ4n) is 2.46. The minimum absolute atomic E-state index is 0.311. The normalized spacial score (nSPS) is 23.5. The second kappa shape index (κ2) is 3.42. The van der Waals surface area contributed by atoms with Gasteiger partial charge in [-0.25, -0.2) is 0 Å². The number of methoxy groups -OCH3 is 1. The Morgan fingerprint density at radius 2 is 2.40 bits per heavy atom. The van der Waals surface area contributed by atoms with Crippen LogP contribution in [0.25, 0.3) is 0 Å². The van der Waals surface area contributed by atoms with E-state index in [1.54, 1.807) is 7.11 Å². The van der Waals surface area contributed by atoms with Gasteiger partial charge in [0.15, 0.2) is 0 Å². The van der Waals surface area contributed by atoms with E-state index in [0.717, 1.165) is 18.7 Å². The molecule has 3 heteroatoms. The van der Waals surface area contributed by atoms with E-state index in [-0.39, 0.29) is 0 Å². The van der Waals surface area contributed by atoms with Crippen molar-refractivity contribution in [3.05, 3.63) is 23.8 Å². The largest absolute Gasteiger partial charge is 0.497 e. The van der Waals surface area contributed by atoms with Crippen molar-refractivity contribution in [1.29, 1.82) is 0 Å². The number of benzene rings is 1. The zero-order valence-electron chi connectivity index (χ0n) is 8.90. The molecule has 0 saturated carbocycles. The molecule has 1 saturated heterocycles. The van der Waals surface area contributed by atoms with Crippen molar-refractivity contribution in [2.75, 3.05) is 18.6 Å². The quantitative estimate of drug-likeness (QED) is 0.701. The molecule has 1 aromatic rings. The van der Waals surface area contributed by atoms with Crippen LogP contribution >= 0.6 is 0 Å². The maximum atomic E-state index is 5.80. The molecule has 0 spiro atoms. The van der Waals surface area contributed by atoms with E-state index in [1.807, 2.05) is 6.07 Å². The van der Waals surface area contributed by atoms with Crippen LogP contribution in [0.3, 0.4) is 0 Å². The molecule has 1 atom stereocenters. The standard InChI is InChI=1S/C12H15NO2/c1-14-10-4-5-11-9(7-10)8-15-12-3-2-6-13(11)12/h4-5,7,12H,2-3,6,8H2,1H3. The lowest BCUT2D eigenvalue weighted by Crippen LogP contribution is -2.35. The Kier molecular flexibility index (Phi) is 2.06. The third-order valence-electron chi connectivity index (χ3n) is 3.23. The van der Waals surface area contributed by atoms with Crippen LogP contribution in [0, 0.1) is 0 Å². The fraction of sp³-hybridized carbons (Fsp3) is 0.500. The summed E-state index contributed by atoms with van der Waals surface area (Å²) in [5, 5.41) is 0. The Morgan fingerprint density at radius 3 is 3.27 bits per heavy atom. The van der Waals surface area contributed by atoms with Crippen LogP contribution in [0.2, 0.25) is 0 Å². The minimum Gasteiger partial charge on any atom is -0.497 e. The predicted molar refractivity (Wildman–Crippen MR) is 58.2 cm³/mol. The Bertz CT molecular complexity index is 378. The first-order valence-electron chi connectivity index (χ1n) is 5.43. The van der Waals surface area contributed by atoms with E-state index in [2.05, 4.69) is 17.0 Å². The van der Waals surface area contributed by atoms with Crippen molar-refractivity contribution >= 4 is 5.69 Å². The van der Waals surface area contributed by atoms with E-state index in [4.69, 9.17) is 9.47 Å². The van der Waals surface area contributed by atoms with E-state index in [1.165, 1.54) is 17.7 Å². The molecule has 0 N–H and O–H groups in total. The number of nitrogens with zero attached hydrogens (tertiary/aromatic N) is 1. The highest BCUT2D eigenvalue weighted by atomic mass is 16.5. The Balaban J connectivity index is 2.00. The highest BCUT2D eigenvalue weighted by molar-refractivity contribution is 5.58. The first-order chi connectivity index (χ1) is 7.38. The smallest absolute Gasteiger partial charge is 0.130 e. The number of fused-ring (bicyclic) bond motifs is 3. The molecule has 1 unspecified atom stereocenters. The summed E-state index contributed by atoms with van der Waals surface area (Å²) in [7, 11) is 1.70. The van der Waals surface area contributed by atoms with Crippen molar-refractivity contribution in [1.82, 2.24) is 0 Å². The third-order valence-corrected chi connectivity index (χ3v) is 3.23. The number of hydrogen-bond acceptors (Lipinski definition) is 3. The molecule has 2 aliphatic rings. The second-order valence-electron chi connectivity index (χ2n) is 4.10. The molecule has 0 aromatic heterocycles.